The van der Waals surface area contributed by atoms with Crippen molar-refractivity contribution in [3.8, 4) is 0 Å². The summed E-state index contributed by atoms with van der Waals surface area (Å²) in [7, 11) is 0. The van der Waals surface area contributed by atoms with Gasteiger partial charge in [-0.2, -0.15) is 0 Å². The Morgan fingerprint density at radius 2 is 2.04 bits per heavy atom. The number of carbonyl (C=O) groups excluding carboxylic acids is 1. The van der Waals surface area contributed by atoms with Crippen LogP contribution in [0.2, 0.25) is 0 Å². The molecule has 2 aromatic rings. The zero-order chi connectivity index (χ0) is 17.4. The lowest BCUT2D eigenvalue weighted by Crippen LogP contribution is -2.43. The van der Waals surface area contributed by atoms with Crippen LogP contribution in [0.5, 0.6) is 0 Å². The molecule has 3 heterocycles. The van der Waals surface area contributed by atoms with E-state index in [1.807, 2.05) is 35.2 Å². The van der Waals surface area contributed by atoms with Gasteiger partial charge in [0.05, 0.1) is 11.7 Å². The number of aliphatic hydroxyl groups is 1. The average molecular weight is 337 g/mol. The predicted octanol–water partition coefficient (Wildman–Crippen LogP) is 2.49. The maximum atomic E-state index is 12.8. The first kappa shape index (κ1) is 16.1. The van der Waals surface area contributed by atoms with Gasteiger partial charge < -0.3 is 14.9 Å². The molecule has 1 N–H and O–H groups in total. The van der Waals surface area contributed by atoms with E-state index in [-0.39, 0.29) is 12.0 Å². The van der Waals surface area contributed by atoms with Gasteiger partial charge >= 0.3 is 0 Å². The summed E-state index contributed by atoms with van der Waals surface area (Å²) in [6.07, 6.45) is 3.19. The summed E-state index contributed by atoms with van der Waals surface area (Å²) in [5, 5.41) is 10.1. The zero-order valence-corrected chi connectivity index (χ0v) is 14.4. The number of amides is 1. The maximum absolute atomic E-state index is 12.8. The number of aliphatic hydroxyl groups excluding tert-OH is 1. The second-order valence-corrected chi connectivity index (χ2v) is 7.02. The summed E-state index contributed by atoms with van der Waals surface area (Å²) in [5.41, 5.74) is 2.83. The fraction of sp³-hybridized carbons (Fsp3) is 0.400. The van der Waals surface area contributed by atoms with E-state index in [1.165, 1.54) is 5.56 Å². The molecule has 130 valence electrons. The standard InChI is InChI=1S/C20H23N3O2/c1-14-8-10-22(13-18(14)24)19-7-6-16(12-21-19)20(25)23-11-9-15-4-2-3-5-17(15)23/h2-7,12,14,18,24H,8-11,13H2,1H3. The minimum absolute atomic E-state index is 0.00342. The van der Waals surface area contributed by atoms with E-state index in [2.05, 4.69) is 22.9 Å². The molecular weight excluding hydrogens is 314 g/mol. The monoisotopic (exact) mass is 337 g/mol. The molecule has 0 spiro atoms. The molecular formula is C20H23N3O2. The van der Waals surface area contributed by atoms with E-state index in [0.717, 1.165) is 37.4 Å². The topological polar surface area (TPSA) is 56.7 Å². The largest absolute Gasteiger partial charge is 0.391 e. The van der Waals surface area contributed by atoms with Crippen molar-refractivity contribution in [1.82, 2.24) is 4.98 Å². The van der Waals surface area contributed by atoms with Gasteiger partial charge in [0.2, 0.25) is 0 Å². The number of piperidine rings is 1. The molecule has 0 saturated carbocycles. The number of aromatic nitrogens is 1. The van der Waals surface area contributed by atoms with Crippen molar-refractivity contribution in [1.29, 1.82) is 0 Å². The van der Waals surface area contributed by atoms with Crippen LogP contribution in [0.3, 0.4) is 0 Å². The minimum Gasteiger partial charge on any atom is -0.391 e. The highest BCUT2D eigenvalue weighted by atomic mass is 16.3. The molecule has 0 aliphatic carbocycles. The van der Waals surface area contributed by atoms with Gasteiger partial charge in [-0.15, -0.1) is 0 Å². The third-order valence-corrected chi connectivity index (χ3v) is 5.37. The van der Waals surface area contributed by atoms with Crippen molar-refractivity contribution >= 4 is 17.4 Å². The first-order chi connectivity index (χ1) is 12.1. The van der Waals surface area contributed by atoms with Gasteiger partial charge in [-0.3, -0.25) is 4.79 Å². The Hall–Kier alpha value is -2.40. The van der Waals surface area contributed by atoms with Crippen LogP contribution in [0.15, 0.2) is 42.6 Å². The van der Waals surface area contributed by atoms with Crippen LogP contribution >= 0.6 is 0 Å². The molecule has 1 amide bonds. The fourth-order valence-electron chi connectivity index (χ4n) is 3.66. The van der Waals surface area contributed by atoms with Crippen molar-refractivity contribution in [3.63, 3.8) is 0 Å². The van der Waals surface area contributed by atoms with E-state index >= 15 is 0 Å². The van der Waals surface area contributed by atoms with E-state index < -0.39 is 0 Å². The third-order valence-electron chi connectivity index (χ3n) is 5.37. The van der Waals surface area contributed by atoms with Crippen molar-refractivity contribution in [2.24, 2.45) is 5.92 Å². The molecule has 2 unspecified atom stereocenters. The molecule has 5 nitrogen and oxygen atoms in total. The SMILES string of the molecule is CC1CCN(c2ccc(C(=O)N3CCc4ccccc43)cn2)CC1O. The summed E-state index contributed by atoms with van der Waals surface area (Å²) < 4.78 is 0. The minimum atomic E-state index is -0.321. The van der Waals surface area contributed by atoms with Crippen molar-refractivity contribution in [2.75, 3.05) is 29.4 Å². The van der Waals surface area contributed by atoms with Crippen molar-refractivity contribution in [2.45, 2.75) is 25.9 Å². The number of β-amino-alcohol motifs (C(OH)–C–C–N with tert-alkyl or cyclic N) is 1. The van der Waals surface area contributed by atoms with Crippen LogP contribution in [-0.2, 0) is 6.42 Å². The summed E-state index contributed by atoms with van der Waals surface area (Å²) in [6.45, 7) is 4.28. The number of benzene rings is 1. The van der Waals surface area contributed by atoms with Crippen LogP contribution in [0, 0.1) is 5.92 Å². The number of anilines is 2. The van der Waals surface area contributed by atoms with E-state index in [1.54, 1.807) is 6.20 Å². The second kappa shape index (κ2) is 6.48. The lowest BCUT2D eigenvalue weighted by molar-refractivity contribution is 0.0987. The van der Waals surface area contributed by atoms with Gasteiger partial charge in [-0.05, 0) is 42.5 Å². The number of nitrogens with zero attached hydrogens (tertiary/aromatic N) is 3. The summed E-state index contributed by atoms with van der Waals surface area (Å²) in [5.74, 6) is 1.15. The number of para-hydroxylation sites is 1. The summed E-state index contributed by atoms with van der Waals surface area (Å²) in [4.78, 5) is 21.2. The van der Waals surface area contributed by atoms with Crippen molar-refractivity contribution < 1.29 is 9.90 Å². The Bertz CT molecular complexity index is 775. The van der Waals surface area contributed by atoms with Crippen LogP contribution in [0.1, 0.15) is 29.3 Å². The maximum Gasteiger partial charge on any atom is 0.259 e. The molecule has 1 saturated heterocycles. The molecule has 2 aliphatic heterocycles. The number of hydrogen-bond donors (Lipinski definition) is 1. The Morgan fingerprint density at radius 1 is 1.20 bits per heavy atom. The Morgan fingerprint density at radius 3 is 2.80 bits per heavy atom. The Kier molecular flexibility index (Phi) is 4.17. The average Bonchev–Trinajstić information content (AvgIpc) is 3.08. The van der Waals surface area contributed by atoms with Gasteiger partial charge in [0.25, 0.3) is 5.91 Å². The van der Waals surface area contributed by atoms with Gasteiger partial charge in [0.15, 0.2) is 0 Å². The Labute approximate surface area is 147 Å². The van der Waals surface area contributed by atoms with Gasteiger partial charge in [0.1, 0.15) is 5.82 Å². The third kappa shape index (κ3) is 3.00. The molecule has 5 heteroatoms. The smallest absolute Gasteiger partial charge is 0.259 e. The molecule has 4 rings (SSSR count). The van der Waals surface area contributed by atoms with Gasteiger partial charge in [-0.1, -0.05) is 25.1 Å². The van der Waals surface area contributed by atoms with E-state index in [9.17, 15) is 9.90 Å². The van der Waals surface area contributed by atoms with Crippen LogP contribution in [0.4, 0.5) is 11.5 Å². The predicted molar refractivity (Wildman–Crippen MR) is 98.1 cm³/mol. The second-order valence-electron chi connectivity index (χ2n) is 7.02. The van der Waals surface area contributed by atoms with Gasteiger partial charge in [-0.25, -0.2) is 4.98 Å². The highest BCUT2D eigenvalue weighted by Crippen LogP contribution is 2.29. The number of pyridine rings is 1. The van der Waals surface area contributed by atoms with Crippen LogP contribution < -0.4 is 9.80 Å². The number of hydrogen-bond acceptors (Lipinski definition) is 4. The molecule has 0 radical (unpaired) electrons. The molecule has 25 heavy (non-hydrogen) atoms. The molecule has 2 atom stereocenters. The highest BCUT2D eigenvalue weighted by Gasteiger charge is 2.27. The molecule has 1 aromatic heterocycles. The number of fused-ring (bicyclic) bond motifs is 1. The molecule has 1 fully saturated rings. The first-order valence-electron chi connectivity index (χ1n) is 8.92. The van der Waals surface area contributed by atoms with Gasteiger partial charge in [0, 0.05) is 31.5 Å². The molecule has 0 bridgehead atoms. The van der Waals surface area contributed by atoms with E-state index in [0.29, 0.717) is 18.0 Å². The van der Waals surface area contributed by atoms with Crippen LogP contribution in [0.25, 0.3) is 0 Å². The zero-order valence-electron chi connectivity index (χ0n) is 14.4. The lowest BCUT2D eigenvalue weighted by atomic mass is 9.96. The molecule has 1 aromatic carbocycles. The summed E-state index contributed by atoms with van der Waals surface area (Å²) in [6, 6.07) is 11.8. The Balaban J connectivity index is 1.50. The highest BCUT2D eigenvalue weighted by molar-refractivity contribution is 6.07. The fourth-order valence-corrected chi connectivity index (χ4v) is 3.66. The number of carbonyl (C=O) groups is 1. The van der Waals surface area contributed by atoms with Crippen molar-refractivity contribution in [3.05, 3.63) is 53.7 Å². The molecule has 2 aliphatic rings. The quantitative estimate of drug-likeness (QED) is 0.915. The first-order valence-corrected chi connectivity index (χ1v) is 8.92. The van der Waals surface area contributed by atoms with E-state index in [4.69, 9.17) is 0 Å². The summed E-state index contributed by atoms with van der Waals surface area (Å²) >= 11 is 0. The lowest BCUT2D eigenvalue weighted by Gasteiger charge is -2.35. The van der Waals surface area contributed by atoms with Crippen LogP contribution in [-0.4, -0.2) is 41.7 Å². The number of rotatable bonds is 2. The normalized spacial score (nSPS) is 22.8.